The topological polar surface area (TPSA) is 59.3 Å². The Bertz CT molecular complexity index is 749. The van der Waals surface area contributed by atoms with Gasteiger partial charge in [0.1, 0.15) is 11.3 Å². The molecule has 20 heavy (non-hydrogen) atoms. The summed E-state index contributed by atoms with van der Waals surface area (Å²) in [7, 11) is 0. The van der Waals surface area contributed by atoms with Crippen LogP contribution in [0.2, 0.25) is 0 Å². The Morgan fingerprint density at radius 1 is 1.25 bits per heavy atom. The van der Waals surface area contributed by atoms with Crippen molar-refractivity contribution < 1.29 is 4.79 Å². The van der Waals surface area contributed by atoms with Crippen LogP contribution in [0, 0.1) is 6.92 Å². The van der Waals surface area contributed by atoms with E-state index >= 15 is 0 Å². The molecule has 0 spiro atoms. The van der Waals surface area contributed by atoms with E-state index < -0.39 is 0 Å². The zero-order valence-electron chi connectivity index (χ0n) is 11.1. The van der Waals surface area contributed by atoms with Gasteiger partial charge in [0.05, 0.1) is 0 Å². The highest BCUT2D eigenvalue weighted by Crippen LogP contribution is 2.08. The molecule has 0 aliphatic carbocycles. The Hall–Kier alpha value is -2.69. The fourth-order valence-corrected chi connectivity index (χ4v) is 2.03. The number of aryl methyl sites for hydroxylation is 1. The van der Waals surface area contributed by atoms with Crippen LogP contribution in [0.25, 0.3) is 5.65 Å². The number of nitrogens with one attached hydrogen (secondary N) is 1. The summed E-state index contributed by atoms with van der Waals surface area (Å²) < 4.78 is 1.90. The summed E-state index contributed by atoms with van der Waals surface area (Å²) >= 11 is 0. The number of hydrogen-bond donors (Lipinski definition) is 1. The molecular formula is C15H14N4O. The highest BCUT2D eigenvalue weighted by atomic mass is 16.1. The number of nitrogens with zero attached hydrogens (tertiary/aromatic N) is 3. The van der Waals surface area contributed by atoms with Crippen LogP contribution >= 0.6 is 0 Å². The largest absolute Gasteiger partial charge is 0.347 e. The molecule has 1 N–H and O–H groups in total. The first-order chi connectivity index (χ1) is 9.74. The summed E-state index contributed by atoms with van der Waals surface area (Å²) in [6, 6.07) is 9.53. The van der Waals surface area contributed by atoms with Crippen molar-refractivity contribution in [1.82, 2.24) is 19.7 Å². The number of fused-ring (bicyclic) bond motifs is 1. The SMILES string of the molecule is Cc1cccc2nc(C(=O)NCc3ccncc3)cn12. The second-order valence-corrected chi connectivity index (χ2v) is 4.56. The van der Waals surface area contributed by atoms with E-state index in [9.17, 15) is 4.79 Å². The predicted molar refractivity (Wildman–Crippen MR) is 75.3 cm³/mol. The molecule has 0 radical (unpaired) electrons. The van der Waals surface area contributed by atoms with E-state index in [-0.39, 0.29) is 5.91 Å². The van der Waals surface area contributed by atoms with Crippen molar-refractivity contribution in [2.45, 2.75) is 13.5 Å². The Morgan fingerprint density at radius 2 is 2.05 bits per heavy atom. The molecule has 3 rings (SSSR count). The normalized spacial score (nSPS) is 10.7. The first-order valence-corrected chi connectivity index (χ1v) is 6.36. The van der Waals surface area contributed by atoms with Crippen LogP contribution in [0.3, 0.4) is 0 Å². The highest BCUT2D eigenvalue weighted by molar-refractivity contribution is 5.92. The van der Waals surface area contributed by atoms with Crippen LogP contribution in [-0.4, -0.2) is 20.3 Å². The third kappa shape index (κ3) is 2.38. The van der Waals surface area contributed by atoms with Crippen LogP contribution in [-0.2, 0) is 6.54 Å². The minimum Gasteiger partial charge on any atom is -0.347 e. The van der Waals surface area contributed by atoms with Gasteiger partial charge in [-0.25, -0.2) is 4.98 Å². The van der Waals surface area contributed by atoms with Crippen molar-refractivity contribution in [2.75, 3.05) is 0 Å². The third-order valence-electron chi connectivity index (χ3n) is 3.13. The summed E-state index contributed by atoms with van der Waals surface area (Å²) in [5.41, 5.74) is 3.25. The maximum atomic E-state index is 12.1. The van der Waals surface area contributed by atoms with Gasteiger partial charge >= 0.3 is 0 Å². The lowest BCUT2D eigenvalue weighted by atomic mass is 10.2. The number of amides is 1. The Balaban J connectivity index is 1.77. The second kappa shape index (κ2) is 5.13. The molecule has 0 aliphatic rings. The van der Waals surface area contributed by atoms with E-state index in [1.807, 2.05) is 41.7 Å². The lowest BCUT2D eigenvalue weighted by molar-refractivity contribution is 0.0946. The van der Waals surface area contributed by atoms with E-state index in [0.717, 1.165) is 16.9 Å². The smallest absolute Gasteiger partial charge is 0.271 e. The average Bonchev–Trinajstić information content (AvgIpc) is 2.91. The molecule has 0 atom stereocenters. The molecule has 100 valence electrons. The van der Waals surface area contributed by atoms with Gasteiger partial charge in [-0.1, -0.05) is 6.07 Å². The highest BCUT2D eigenvalue weighted by Gasteiger charge is 2.10. The minimum absolute atomic E-state index is 0.176. The van der Waals surface area contributed by atoms with E-state index in [1.165, 1.54) is 0 Å². The van der Waals surface area contributed by atoms with Crippen molar-refractivity contribution in [1.29, 1.82) is 0 Å². The quantitative estimate of drug-likeness (QED) is 0.788. The predicted octanol–water partition coefficient (Wildman–Crippen LogP) is 1.97. The van der Waals surface area contributed by atoms with Gasteiger partial charge in [0, 0.05) is 30.8 Å². The van der Waals surface area contributed by atoms with Crippen LogP contribution in [0.15, 0.2) is 48.9 Å². The van der Waals surface area contributed by atoms with Crippen molar-refractivity contribution in [3.63, 3.8) is 0 Å². The van der Waals surface area contributed by atoms with Gasteiger partial charge in [-0.15, -0.1) is 0 Å². The van der Waals surface area contributed by atoms with Crippen molar-refractivity contribution in [3.05, 3.63) is 65.9 Å². The molecule has 0 aromatic carbocycles. The first kappa shape index (κ1) is 12.3. The number of pyridine rings is 2. The molecule has 3 heterocycles. The maximum Gasteiger partial charge on any atom is 0.271 e. The van der Waals surface area contributed by atoms with E-state index in [4.69, 9.17) is 0 Å². The number of rotatable bonds is 3. The summed E-state index contributed by atoms with van der Waals surface area (Å²) in [5.74, 6) is -0.176. The summed E-state index contributed by atoms with van der Waals surface area (Å²) in [6.07, 6.45) is 5.16. The molecule has 1 amide bonds. The number of carbonyl (C=O) groups is 1. The molecule has 0 saturated heterocycles. The molecule has 0 fully saturated rings. The fraction of sp³-hybridized carbons (Fsp3) is 0.133. The lowest BCUT2D eigenvalue weighted by Gasteiger charge is -2.02. The van der Waals surface area contributed by atoms with Crippen LogP contribution in [0.1, 0.15) is 21.7 Å². The zero-order valence-corrected chi connectivity index (χ0v) is 11.1. The van der Waals surface area contributed by atoms with Crippen LogP contribution in [0.4, 0.5) is 0 Å². The van der Waals surface area contributed by atoms with Crippen molar-refractivity contribution in [2.24, 2.45) is 0 Å². The third-order valence-corrected chi connectivity index (χ3v) is 3.13. The summed E-state index contributed by atoms with van der Waals surface area (Å²) in [6.45, 7) is 2.45. The van der Waals surface area contributed by atoms with Crippen LogP contribution in [0.5, 0.6) is 0 Å². The molecule has 0 aliphatic heterocycles. The average molecular weight is 266 g/mol. The minimum atomic E-state index is -0.176. The summed E-state index contributed by atoms with van der Waals surface area (Å²) in [4.78, 5) is 20.4. The zero-order chi connectivity index (χ0) is 13.9. The van der Waals surface area contributed by atoms with E-state index in [2.05, 4.69) is 15.3 Å². The molecule has 5 heteroatoms. The van der Waals surface area contributed by atoms with E-state index in [1.54, 1.807) is 18.6 Å². The molecule has 0 unspecified atom stereocenters. The molecular weight excluding hydrogens is 252 g/mol. The second-order valence-electron chi connectivity index (χ2n) is 4.56. The number of imidazole rings is 1. The Labute approximate surface area is 116 Å². The molecule has 3 aromatic heterocycles. The van der Waals surface area contributed by atoms with E-state index in [0.29, 0.717) is 12.2 Å². The van der Waals surface area contributed by atoms with Gasteiger partial charge in [0.2, 0.25) is 0 Å². The van der Waals surface area contributed by atoms with Gasteiger partial charge < -0.3 is 9.72 Å². The molecule has 5 nitrogen and oxygen atoms in total. The molecule has 3 aromatic rings. The van der Waals surface area contributed by atoms with Gasteiger partial charge in [0.25, 0.3) is 5.91 Å². The fourth-order valence-electron chi connectivity index (χ4n) is 2.03. The Kier molecular flexibility index (Phi) is 3.16. The van der Waals surface area contributed by atoms with Crippen molar-refractivity contribution in [3.8, 4) is 0 Å². The van der Waals surface area contributed by atoms with Gasteiger partial charge in [0.15, 0.2) is 0 Å². The number of aromatic nitrogens is 3. The monoisotopic (exact) mass is 266 g/mol. The van der Waals surface area contributed by atoms with Crippen LogP contribution < -0.4 is 5.32 Å². The van der Waals surface area contributed by atoms with Gasteiger partial charge in [-0.05, 0) is 36.8 Å². The molecule has 0 bridgehead atoms. The molecule has 0 saturated carbocycles. The summed E-state index contributed by atoms with van der Waals surface area (Å²) in [5, 5.41) is 2.85. The number of hydrogen-bond acceptors (Lipinski definition) is 3. The number of carbonyl (C=O) groups excluding carboxylic acids is 1. The van der Waals surface area contributed by atoms with Crippen molar-refractivity contribution >= 4 is 11.6 Å². The van der Waals surface area contributed by atoms with Gasteiger partial charge in [-0.2, -0.15) is 0 Å². The van der Waals surface area contributed by atoms with Gasteiger partial charge in [-0.3, -0.25) is 9.78 Å². The lowest BCUT2D eigenvalue weighted by Crippen LogP contribution is -2.23. The maximum absolute atomic E-state index is 12.1. The first-order valence-electron chi connectivity index (χ1n) is 6.36. The Morgan fingerprint density at radius 3 is 2.80 bits per heavy atom. The standard InChI is InChI=1S/C15H14N4O/c1-11-3-2-4-14-18-13(10-19(11)14)15(20)17-9-12-5-7-16-8-6-12/h2-8,10H,9H2,1H3,(H,17,20).